The summed E-state index contributed by atoms with van der Waals surface area (Å²) < 4.78 is 16.5. The second kappa shape index (κ2) is 9.96. The number of benzene rings is 2. The fourth-order valence-electron chi connectivity index (χ4n) is 3.40. The van der Waals surface area contributed by atoms with Gasteiger partial charge in [-0.05, 0) is 41.3 Å². The van der Waals surface area contributed by atoms with Gasteiger partial charge in [-0.3, -0.25) is 9.69 Å². The highest BCUT2D eigenvalue weighted by atomic mass is 16.5. The van der Waals surface area contributed by atoms with Gasteiger partial charge in [-0.25, -0.2) is 0 Å². The Morgan fingerprint density at radius 3 is 2.43 bits per heavy atom. The molecule has 2 aromatic rings. The van der Waals surface area contributed by atoms with Crippen LogP contribution in [0.3, 0.4) is 0 Å². The maximum atomic E-state index is 12.4. The summed E-state index contributed by atoms with van der Waals surface area (Å²) in [6.07, 6.45) is 0. The summed E-state index contributed by atoms with van der Waals surface area (Å²) in [5.41, 5.74) is 2.86. The predicted molar refractivity (Wildman–Crippen MR) is 118 cm³/mol. The Kier molecular flexibility index (Phi) is 7.34. The number of methoxy groups -OCH3 is 1. The fraction of sp³-hybridized carbons (Fsp3) is 0.458. The molecule has 6 nitrogen and oxygen atoms in total. The maximum Gasteiger partial charge on any atom is 0.262 e. The molecule has 0 unspecified atom stereocenters. The van der Waals surface area contributed by atoms with E-state index in [2.05, 4.69) is 31.0 Å². The van der Waals surface area contributed by atoms with E-state index >= 15 is 0 Å². The van der Waals surface area contributed by atoms with Gasteiger partial charge in [-0.2, -0.15) is 0 Å². The summed E-state index contributed by atoms with van der Waals surface area (Å²) in [4.78, 5) is 14.8. The minimum atomic E-state index is -0.188. The topological polar surface area (TPSA) is 60.0 Å². The largest absolute Gasteiger partial charge is 0.497 e. The minimum Gasteiger partial charge on any atom is -0.497 e. The molecule has 1 fully saturated rings. The van der Waals surface area contributed by atoms with Gasteiger partial charge in [0, 0.05) is 30.9 Å². The SMILES string of the molecule is COc1ccc(OCC(=O)Nc2ccc(CN3CCOCC3)cc2)c(C(C)(C)C)c1. The number of ether oxygens (including phenoxy) is 3. The normalized spacial score (nSPS) is 14.9. The van der Waals surface area contributed by atoms with Crippen LogP contribution in [0.1, 0.15) is 31.9 Å². The van der Waals surface area contributed by atoms with Crippen LogP contribution < -0.4 is 14.8 Å². The van der Waals surface area contributed by atoms with Crippen LogP contribution in [0.2, 0.25) is 0 Å². The van der Waals surface area contributed by atoms with E-state index in [0.29, 0.717) is 5.75 Å². The number of morpholine rings is 1. The van der Waals surface area contributed by atoms with E-state index < -0.39 is 0 Å². The molecule has 1 saturated heterocycles. The van der Waals surface area contributed by atoms with Gasteiger partial charge in [0.2, 0.25) is 0 Å². The molecule has 2 aromatic carbocycles. The van der Waals surface area contributed by atoms with Crippen LogP contribution >= 0.6 is 0 Å². The maximum absolute atomic E-state index is 12.4. The number of carbonyl (C=O) groups is 1. The second-order valence-corrected chi connectivity index (χ2v) is 8.53. The average molecular weight is 413 g/mol. The first kappa shape index (κ1) is 22.1. The monoisotopic (exact) mass is 412 g/mol. The summed E-state index contributed by atoms with van der Waals surface area (Å²) in [5.74, 6) is 1.28. The molecule has 30 heavy (non-hydrogen) atoms. The number of nitrogens with one attached hydrogen (secondary N) is 1. The predicted octanol–water partition coefficient (Wildman–Crippen LogP) is 3.84. The molecule has 6 heteroatoms. The van der Waals surface area contributed by atoms with Crippen LogP contribution in [-0.4, -0.2) is 50.8 Å². The third-order valence-corrected chi connectivity index (χ3v) is 5.10. The summed E-state index contributed by atoms with van der Waals surface area (Å²) in [5, 5.41) is 2.90. The van der Waals surface area contributed by atoms with Gasteiger partial charge in [0.1, 0.15) is 11.5 Å². The van der Waals surface area contributed by atoms with Crippen molar-refractivity contribution in [1.29, 1.82) is 0 Å². The van der Waals surface area contributed by atoms with Gasteiger partial charge in [-0.15, -0.1) is 0 Å². The van der Waals surface area contributed by atoms with E-state index in [1.165, 1.54) is 5.56 Å². The second-order valence-electron chi connectivity index (χ2n) is 8.53. The summed E-state index contributed by atoms with van der Waals surface area (Å²) in [7, 11) is 1.64. The van der Waals surface area contributed by atoms with E-state index in [1.807, 2.05) is 42.5 Å². The van der Waals surface area contributed by atoms with E-state index in [0.717, 1.165) is 49.8 Å². The highest BCUT2D eigenvalue weighted by molar-refractivity contribution is 5.91. The molecule has 0 bridgehead atoms. The third-order valence-electron chi connectivity index (χ3n) is 5.10. The molecule has 0 saturated carbocycles. The molecule has 0 aliphatic carbocycles. The lowest BCUT2D eigenvalue weighted by Gasteiger charge is -2.26. The first-order chi connectivity index (χ1) is 14.3. The molecule has 1 aliphatic rings. The molecule has 0 radical (unpaired) electrons. The Hall–Kier alpha value is -2.57. The van der Waals surface area contributed by atoms with Crippen molar-refractivity contribution in [3.05, 3.63) is 53.6 Å². The Morgan fingerprint density at radius 2 is 1.80 bits per heavy atom. The van der Waals surface area contributed by atoms with Gasteiger partial charge >= 0.3 is 0 Å². The number of anilines is 1. The van der Waals surface area contributed by atoms with Gasteiger partial charge in [0.15, 0.2) is 6.61 Å². The van der Waals surface area contributed by atoms with E-state index in [9.17, 15) is 4.79 Å². The first-order valence-electron chi connectivity index (χ1n) is 10.4. The number of hydrogen-bond donors (Lipinski definition) is 1. The highest BCUT2D eigenvalue weighted by Crippen LogP contribution is 2.34. The quantitative estimate of drug-likeness (QED) is 0.749. The lowest BCUT2D eigenvalue weighted by Crippen LogP contribution is -2.35. The Morgan fingerprint density at radius 1 is 1.10 bits per heavy atom. The van der Waals surface area contributed by atoms with Crippen molar-refractivity contribution in [3.63, 3.8) is 0 Å². The Balaban J connectivity index is 1.54. The minimum absolute atomic E-state index is 0.0507. The van der Waals surface area contributed by atoms with Crippen molar-refractivity contribution < 1.29 is 19.0 Å². The lowest BCUT2D eigenvalue weighted by atomic mass is 9.86. The molecular formula is C24H32N2O4. The van der Waals surface area contributed by atoms with Crippen LogP contribution in [0.25, 0.3) is 0 Å². The van der Waals surface area contributed by atoms with Crippen LogP contribution in [-0.2, 0) is 21.5 Å². The summed E-state index contributed by atoms with van der Waals surface area (Å²) in [6, 6.07) is 13.6. The number of nitrogens with zero attached hydrogens (tertiary/aromatic N) is 1. The Labute approximate surface area is 179 Å². The first-order valence-corrected chi connectivity index (χ1v) is 10.4. The fourth-order valence-corrected chi connectivity index (χ4v) is 3.40. The molecule has 1 amide bonds. The highest BCUT2D eigenvalue weighted by Gasteiger charge is 2.20. The van der Waals surface area contributed by atoms with Crippen molar-refractivity contribution in [2.45, 2.75) is 32.7 Å². The number of hydrogen-bond acceptors (Lipinski definition) is 5. The summed E-state index contributed by atoms with van der Waals surface area (Å²) in [6.45, 7) is 10.7. The lowest BCUT2D eigenvalue weighted by molar-refractivity contribution is -0.118. The van der Waals surface area contributed by atoms with Gasteiger partial charge in [0.25, 0.3) is 5.91 Å². The average Bonchev–Trinajstić information content (AvgIpc) is 2.73. The van der Waals surface area contributed by atoms with E-state index in [4.69, 9.17) is 14.2 Å². The molecule has 0 atom stereocenters. The van der Waals surface area contributed by atoms with Crippen LogP contribution in [0.5, 0.6) is 11.5 Å². The summed E-state index contributed by atoms with van der Waals surface area (Å²) >= 11 is 0. The molecule has 162 valence electrons. The zero-order chi connectivity index (χ0) is 21.6. The molecule has 3 rings (SSSR count). The molecule has 0 spiro atoms. The number of rotatable bonds is 7. The van der Waals surface area contributed by atoms with Crippen LogP contribution in [0.4, 0.5) is 5.69 Å². The molecule has 0 aromatic heterocycles. The van der Waals surface area contributed by atoms with Crippen LogP contribution in [0, 0.1) is 0 Å². The Bertz CT molecular complexity index is 837. The third kappa shape index (κ3) is 6.21. The van der Waals surface area contributed by atoms with Crippen LogP contribution in [0.15, 0.2) is 42.5 Å². The molecule has 1 N–H and O–H groups in total. The van der Waals surface area contributed by atoms with E-state index in [1.54, 1.807) is 7.11 Å². The van der Waals surface area contributed by atoms with Crippen molar-refractivity contribution >= 4 is 11.6 Å². The molecular weight excluding hydrogens is 380 g/mol. The van der Waals surface area contributed by atoms with Crippen molar-refractivity contribution in [3.8, 4) is 11.5 Å². The van der Waals surface area contributed by atoms with Gasteiger partial charge in [-0.1, -0.05) is 32.9 Å². The van der Waals surface area contributed by atoms with Crippen molar-refractivity contribution in [1.82, 2.24) is 4.90 Å². The van der Waals surface area contributed by atoms with Gasteiger partial charge < -0.3 is 19.5 Å². The zero-order valence-electron chi connectivity index (χ0n) is 18.4. The van der Waals surface area contributed by atoms with Gasteiger partial charge in [0.05, 0.1) is 20.3 Å². The number of amides is 1. The standard InChI is InChI=1S/C24H32N2O4/c1-24(2,3)21-15-20(28-4)9-10-22(21)30-17-23(27)25-19-7-5-18(6-8-19)16-26-11-13-29-14-12-26/h5-10,15H,11-14,16-17H2,1-4H3,(H,25,27). The molecule has 1 heterocycles. The number of carbonyl (C=O) groups excluding carboxylic acids is 1. The molecule has 1 aliphatic heterocycles. The smallest absolute Gasteiger partial charge is 0.262 e. The van der Waals surface area contributed by atoms with Crippen molar-refractivity contribution in [2.75, 3.05) is 45.3 Å². The van der Waals surface area contributed by atoms with E-state index in [-0.39, 0.29) is 17.9 Å². The zero-order valence-corrected chi connectivity index (χ0v) is 18.4. The van der Waals surface area contributed by atoms with Crippen molar-refractivity contribution in [2.24, 2.45) is 0 Å².